The first kappa shape index (κ1) is 17.0. The average molecular weight is 319 g/mol. The fourth-order valence-corrected chi connectivity index (χ4v) is 2.51. The molecule has 0 aliphatic carbocycles. The number of aliphatic hydroxyl groups is 1. The van der Waals surface area contributed by atoms with E-state index in [0.29, 0.717) is 18.5 Å². The first-order valence-corrected chi connectivity index (χ1v) is 7.59. The van der Waals surface area contributed by atoms with Crippen molar-refractivity contribution in [1.29, 1.82) is 0 Å². The lowest BCUT2D eigenvalue weighted by Gasteiger charge is -2.16. The predicted molar refractivity (Wildman–Crippen MR) is 84.8 cm³/mol. The van der Waals surface area contributed by atoms with Gasteiger partial charge in [-0.1, -0.05) is 19.1 Å². The van der Waals surface area contributed by atoms with Crippen molar-refractivity contribution in [1.82, 2.24) is 14.3 Å². The molecule has 23 heavy (non-hydrogen) atoms. The lowest BCUT2D eigenvalue weighted by atomic mass is 10.1. The third kappa shape index (κ3) is 3.87. The van der Waals surface area contributed by atoms with E-state index in [1.54, 1.807) is 31.2 Å². The number of rotatable bonds is 7. The van der Waals surface area contributed by atoms with E-state index < -0.39 is 12.1 Å². The van der Waals surface area contributed by atoms with Gasteiger partial charge in [0.25, 0.3) is 0 Å². The lowest BCUT2D eigenvalue weighted by Crippen LogP contribution is -2.32. The van der Waals surface area contributed by atoms with E-state index in [1.165, 1.54) is 15.6 Å². The molecule has 0 amide bonds. The molecule has 0 saturated carbocycles. The number of aliphatic carboxylic acids is 1. The number of nitrogens with zero attached hydrogens (tertiary/aromatic N) is 3. The Morgan fingerprint density at radius 2 is 1.96 bits per heavy atom. The summed E-state index contributed by atoms with van der Waals surface area (Å²) in [6.07, 6.45) is 1.88. The van der Waals surface area contributed by atoms with Crippen LogP contribution in [0.3, 0.4) is 0 Å². The molecule has 7 heteroatoms. The Balaban J connectivity index is 2.24. The summed E-state index contributed by atoms with van der Waals surface area (Å²) in [4.78, 5) is 23.0. The first-order chi connectivity index (χ1) is 10.9. The van der Waals surface area contributed by atoms with E-state index in [4.69, 9.17) is 5.11 Å². The van der Waals surface area contributed by atoms with Gasteiger partial charge in [-0.15, -0.1) is 0 Å². The van der Waals surface area contributed by atoms with Gasteiger partial charge in [-0.05, 0) is 37.5 Å². The van der Waals surface area contributed by atoms with Gasteiger partial charge < -0.3 is 10.2 Å². The number of hydrogen-bond acceptors (Lipinski definition) is 4. The predicted octanol–water partition coefficient (Wildman–Crippen LogP) is 1.38. The molecule has 7 nitrogen and oxygen atoms in total. The quantitative estimate of drug-likeness (QED) is 0.803. The van der Waals surface area contributed by atoms with Crippen LogP contribution in [-0.4, -0.2) is 36.6 Å². The summed E-state index contributed by atoms with van der Waals surface area (Å²) in [5.74, 6) is -0.838. The maximum absolute atomic E-state index is 12.4. The van der Waals surface area contributed by atoms with Crippen LogP contribution in [0.2, 0.25) is 0 Å². The van der Waals surface area contributed by atoms with Crippen molar-refractivity contribution in [3.05, 3.63) is 46.6 Å². The standard InChI is InChI=1S/C16H21N3O4/c1-3-14(11(2)20)19-16(23)18(10-17-19)13-7-4-12(5-8-13)6-9-15(21)22/h4-5,7-8,10-11,14,20H,3,6,9H2,1-2H3,(H,21,22)/t11-,14?/m0/s1. The van der Waals surface area contributed by atoms with Crippen LogP contribution in [0.15, 0.2) is 35.4 Å². The van der Waals surface area contributed by atoms with Crippen LogP contribution >= 0.6 is 0 Å². The van der Waals surface area contributed by atoms with Gasteiger partial charge in [0.1, 0.15) is 6.33 Å². The minimum atomic E-state index is -0.838. The van der Waals surface area contributed by atoms with Gasteiger partial charge in [0.05, 0.1) is 17.8 Å². The van der Waals surface area contributed by atoms with E-state index in [0.717, 1.165) is 5.56 Å². The third-order valence-corrected chi connectivity index (χ3v) is 3.82. The van der Waals surface area contributed by atoms with Gasteiger partial charge in [-0.2, -0.15) is 5.10 Å². The minimum Gasteiger partial charge on any atom is -0.481 e. The number of benzene rings is 1. The smallest absolute Gasteiger partial charge is 0.350 e. The summed E-state index contributed by atoms with van der Waals surface area (Å²) in [7, 11) is 0. The number of carbonyl (C=O) groups is 1. The van der Waals surface area contributed by atoms with Crippen molar-refractivity contribution in [3.8, 4) is 5.69 Å². The highest BCUT2D eigenvalue weighted by Crippen LogP contribution is 2.14. The molecule has 2 N–H and O–H groups in total. The number of aromatic nitrogens is 3. The summed E-state index contributed by atoms with van der Waals surface area (Å²) in [6.45, 7) is 3.52. The molecule has 2 rings (SSSR count). The second-order valence-electron chi connectivity index (χ2n) is 5.50. The van der Waals surface area contributed by atoms with E-state index >= 15 is 0 Å². The number of carboxylic acids is 1. The Hall–Kier alpha value is -2.41. The van der Waals surface area contributed by atoms with Gasteiger partial charge >= 0.3 is 11.7 Å². The summed E-state index contributed by atoms with van der Waals surface area (Å²) in [6, 6.07) is 6.75. The van der Waals surface area contributed by atoms with Crippen molar-refractivity contribution < 1.29 is 15.0 Å². The number of aryl methyl sites for hydroxylation is 1. The molecule has 1 heterocycles. The molecule has 0 aliphatic rings. The highest BCUT2D eigenvalue weighted by Gasteiger charge is 2.19. The van der Waals surface area contributed by atoms with E-state index in [9.17, 15) is 14.7 Å². The number of aliphatic hydroxyl groups excluding tert-OH is 1. The molecule has 0 aliphatic heterocycles. The summed E-state index contributed by atoms with van der Waals surface area (Å²) < 4.78 is 2.70. The molecule has 0 fully saturated rings. The molecule has 1 unspecified atom stereocenters. The van der Waals surface area contributed by atoms with Crippen LogP contribution in [0.5, 0.6) is 0 Å². The average Bonchev–Trinajstić information content (AvgIpc) is 2.88. The van der Waals surface area contributed by atoms with Crippen LogP contribution in [0.4, 0.5) is 0 Å². The Morgan fingerprint density at radius 1 is 1.30 bits per heavy atom. The largest absolute Gasteiger partial charge is 0.481 e. The van der Waals surface area contributed by atoms with Crippen molar-refractivity contribution in [2.75, 3.05) is 0 Å². The normalized spacial score (nSPS) is 13.7. The second kappa shape index (κ2) is 7.23. The van der Waals surface area contributed by atoms with Gasteiger partial charge in [0.2, 0.25) is 0 Å². The molecule has 2 atom stereocenters. The fraction of sp³-hybridized carbons (Fsp3) is 0.438. The Morgan fingerprint density at radius 3 is 2.48 bits per heavy atom. The zero-order valence-electron chi connectivity index (χ0n) is 13.2. The topological polar surface area (TPSA) is 97.3 Å². The van der Waals surface area contributed by atoms with Crippen LogP contribution < -0.4 is 5.69 Å². The SMILES string of the molecule is CCC([C@H](C)O)n1ncn(-c2ccc(CCC(=O)O)cc2)c1=O. The van der Waals surface area contributed by atoms with E-state index in [2.05, 4.69) is 5.10 Å². The highest BCUT2D eigenvalue weighted by molar-refractivity contribution is 5.67. The van der Waals surface area contributed by atoms with Crippen LogP contribution in [0.1, 0.15) is 38.3 Å². The maximum atomic E-state index is 12.4. The zero-order valence-corrected chi connectivity index (χ0v) is 13.2. The van der Waals surface area contributed by atoms with Gasteiger partial charge in [0.15, 0.2) is 0 Å². The van der Waals surface area contributed by atoms with E-state index in [1.807, 2.05) is 6.92 Å². The summed E-state index contributed by atoms with van der Waals surface area (Å²) >= 11 is 0. The molecule has 0 saturated heterocycles. The molecule has 124 valence electrons. The zero-order chi connectivity index (χ0) is 17.0. The molecule has 0 spiro atoms. The molecule has 2 aromatic rings. The number of hydrogen-bond donors (Lipinski definition) is 2. The van der Waals surface area contributed by atoms with Gasteiger partial charge in [0, 0.05) is 6.42 Å². The molecule has 1 aromatic carbocycles. The molecular weight excluding hydrogens is 298 g/mol. The van der Waals surface area contributed by atoms with Crippen molar-refractivity contribution >= 4 is 5.97 Å². The molecular formula is C16H21N3O4. The summed E-state index contributed by atoms with van der Waals surface area (Å²) in [5, 5.41) is 22.5. The van der Waals surface area contributed by atoms with Crippen LogP contribution in [-0.2, 0) is 11.2 Å². The highest BCUT2D eigenvalue weighted by atomic mass is 16.4. The number of carboxylic acid groups (broad SMARTS) is 1. The van der Waals surface area contributed by atoms with Gasteiger partial charge in [-0.3, -0.25) is 4.79 Å². The Kier molecular flexibility index (Phi) is 5.33. The molecule has 0 bridgehead atoms. The van der Waals surface area contributed by atoms with Crippen molar-refractivity contribution in [2.45, 2.75) is 45.3 Å². The fourth-order valence-electron chi connectivity index (χ4n) is 2.51. The maximum Gasteiger partial charge on any atom is 0.350 e. The van der Waals surface area contributed by atoms with E-state index in [-0.39, 0.29) is 18.2 Å². The van der Waals surface area contributed by atoms with Gasteiger partial charge in [-0.25, -0.2) is 14.0 Å². The lowest BCUT2D eigenvalue weighted by molar-refractivity contribution is -0.136. The molecule has 0 radical (unpaired) electrons. The van der Waals surface area contributed by atoms with Crippen molar-refractivity contribution in [2.24, 2.45) is 0 Å². The molecule has 1 aromatic heterocycles. The van der Waals surface area contributed by atoms with Crippen molar-refractivity contribution in [3.63, 3.8) is 0 Å². The van der Waals surface area contributed by atoms with Crippen LogP contribution in [0.25, 0.3) is 5.69 Å². The Labute approximate surface area is 133 Å². The minimum absolute atomic E-state index is 0.0732. The second-order valence-corrected chi connectivity index (χ2v) is 5.50. The third-order valence-electron chi connectivity index (χ3n) is 3.82. The Bertz CT molecular complexity index is 716. The first-order valence-electron chi connectivity index (χ1n) is 7.59. The van der Waals surface area contributed by atoms with Crippen LogP contribution in [0, 0.1) is 0 Å². The summed E-state index contributed by atoms with van der Waals surface area (Å²) in [5.41, 5.74) is 1.24. The monoisotopic (exact) mass is 319 g/mol.